The summed E-state index contributed by atoms with van der Waals surface area (Å²) in [6, 6.07) is 0.483. The number of ether oxygens (including phenoxy) is 1. The predicted molar refractivity (Wildman–Crippen MR) is 87.1 cm³/mol. The average Bonchev–Trinajstić information content (AvgIpc) is 2.36. The van der Waals surface area contributed by atoms with Crippen LogP contribution in [0.25, 0.3) is 0 Å². The van der Waals surface area contributed by atoms with E-state index in [1.807, 2.05) is 0 Å². The Morgan fingerprint density at radius 1 is 1.30 bits per heavy atom. The number of rotatable bonds is 7. The smallest absolute Gasteiger partial charge is 0.0630 e. The summed E-state index contributed by atoms with van der Waals surface area (Å²) in [7, 11) is 1.80. The first-order chi connectivity index (χ1) is 9.34. The molecule has 0 aromatic rings. The molecule has 20 heavy (non-hydrogen) atoms. The Hall–Kier alpha value is -0.380. The highest BCUT2D eigenvalue weighted by Crippen LogP contribution is 2.30. The fourth-order valence-corrected chi connectivity index (χ4v) is 2.72. The lowest BCUT2D eigenvalue weighted by atomic mass is 9.83. The van der Waals surface area contributed by atoms with Crippen LogP contribution in [-0.2, 0) is 4.74 Å². The van der Waals surface area contributed by atoms with Gasteiger partial charge >= 0.3 is 0 Å². The van der Waals surface area contributed by atoms with Gasteiger partial charge in [-0.15, -0.1) is 0 Å². The molecule has 1 aliphatic rings. The van der Waals surface area contributed by atoms with Gasteiger partial charge in [0.05, 0.1) is 6.61 Å². The fraction of sp³-hybridized carbons (Fsp3) is 0.882. The van der Waals surface area contributed by atoms with Gasteiger partial charge < -0.3 is 10.1 Å². The molecular weight excluding hydrogens is 248 g/mol. The maximum atomic E-state index is 5.41. The van der Waals surface area contributed by atoms with E-state index in [1.165, 1.54) is 6.42 Å². The van der Waals surface area contributed by atoms with Crippen LogP contribution in [0.4, 0.5) is 0 Å². The number of hydrogen-bond acceptors (Lipinski definition) is 3. The quantitative estimate of drug-likeness (QED) is 0.727. The van der Waals surface area contributed by atoms with E-state index < -0.39 is 0 Å². The molecule has 0 radical (unpaired) electrons. The van der Waals surface area contributed by atoms with Crippen molar-refractivity contribution in [1.29, 1.82) is 0 Å². The molecule has 0 aromatic carbocycles. The number of nitrogens with one attached hydrogen (secondary N) is 1. The molecule has 1 N–H and O–H groups in total. The summed E-state index contributed by atoms with van der Waals surface area (Å²) < 4.78 is 5.41. The molecule has 3 heteroatoms. The van der Waals surface area contributed by atoms with Crippen molar-refractivity contribution in [3.05, 3.63) is 11.6 Å². The van der Waals surface area contributed by atoms with E-state index in [2.05, 4.69) is 50.9 Å². The minimum atomic E-state index is 0.318. The second kappa shape index (κ2) is 8.16. The Morgan fingerprint density at radius 3 is 2.45 bits per heavy atom. The van der Waals surface area contributed by atoms with Crippen LogP contribution < -0.4 is 5.32 Å². The van der Waals surface area contributed by atoms with Crippen molar-refractivity contribution in [2.45, 2.75) is 47.1 Å². The number of methoxy groups -OCH3 is 1. The lowest BCUT2D eigenvalue weighted by molar-refractivity contribution is 0.0922. The summed E-state index contributed by atoms with van der Waals surface area (Å²) in [6.07, 6.45) is 3.61. The molecule has 118 valence electrons. The third kappa shape index (κ3) is 5.94. The predicted octanol–water partition coefficient (Wildman–Crippen LogP) is 2.93. The van der Waals surface area contributed by atoms with Crippen molar-refractivity contribution in [2.75, 3.05) is 39.9 Å². The summed E-state index contributed by atoms with van der Waals surface area (Å²) in [6.45, 7) is 16.5. The van der Waals surface area contributed by atoms with Gasteiger partial charge in [0.25, 0.3) is 0 Å². The highest BCUT2D eigenvalue weighted by molar-refractivity contribution is 5.15. The van der Waals surface area contributed by atoms with Crippen LogP contribution in [0.2, 0.25) is 0 Å². The van der Waals surface area contributed by atoms with Crippen molar-refractivity contribution in [2.24, 2.45) is 11.3 Å². The summed E-state index contributed by atoms with van der Waals surface area (Å²) >= 11 is 0. The molecule has 1 unspecified atom stereocenters. The third-order valence-corrected chi connectivity index (χ3v) is 4.01. The van der Waals surface area contributed by atoms with E-state index >= 15 is 0 Å². The van der Waals surface area contributed by atoms with Crippen molar-refractivity contribution < 1.29 is 4.74 Å². The molecule has 1 rings (SSSR count). The molecule has 0 aliphatic carbocycles. The van der Waals surface area contributed by atoms with E-state index in [9.17, 15) is 0 Å². The monoisotopic (exact) mass is 282 g/mol. The largest absolute Gasteiger partial charge is 0.383 e. The van der Waals surface area contributed by atoms with E-state index in [-0.39, 0.29) is 0 Å². The lowest BCUT2D eigenvalue weighted by Gasteiger charge is -2.36. The van der Waals surface area contributed by atoms with Crippen LogP contribution in [-0.4, -0.2) is 50.8 Å². The highest BCUT2D eigenvalue weighted by Gasteiger charge is 2.25. The van der Waals surface area contributed by atoms with Crippen LogP contribution >= 0.6 is 0 Å². The van der Waals surface area contributed by atoms with Crippen LogP contribution in [0.3, 0.4) is 0 Å². The van der Waals surface area contributed by atoms with Gasteiger partial charge in [0.1, 0.15) is 0 Å². The van der Waals surface area contributed by atoms with Gasteiger partial charge in [0, 0.05) is 32.8 Å². The lowest BCUT2D eigenvalue weighted by Crippen LogP contribution is -2.47. The maximum absolute atomic E-state index is 5.41. The first kappa shape index (κ1) is 17.7. The second-order valence-electron chi connectivity index (χ2n) is 7.39. The van der Waals surface area contributed by atoms with Crippen LogP contribution in [0, 0.1) is 11.3 Å². The van der Waals surface area contributed by atoms with Crippen molar-refractivity contribution in [3.63, 3.8) is 0 Å². The molecular formula is C17H34N2O. The van der Waals surface area contributed by atoms with Crippen LogP contribution in [0.1, 0.15) is 41.0 Å². The average molecular weight is 282 g/mol. The van der Waals surface area contributed by atoms with Crippen molar-refractivity contribution in [3.8, 4) is 0 Å². The summed E-state index contributed by atoms with van der Waals surface area (Å²) in [5.74, 6) is 0.701. The Labute approximate surface area is 125 Å². The maximum Gasteiger partial charge on any atom is 0.0630 e. The standard InChI is InChI=1S/C17H34N2O/c1-14(2)11-18-12-16(13-20-6)19-9-7-15(8-10-19)17(3,4)5/h7,14,16,18H,8-13H2,1-6H3. The molecule has 0 saturated carbocycles. The Morgan fingerprint density at radius 2 is 2.00 bits per heavy atom. The van der Waals surface area contributed by atoms with Crippen molar-refractivity contribution >= 4 is 0 Å². The Bertz CT molecular complexity index is 305. The molecule has 0 aromatic heterocycles. The zero-order valence-electron chi connectivity index (χ0n) is 14.3. The minimum absolute atomic E-state index is 0.318. The molecule has 1 aliphatic heterocycles. The van der Waals surface area contributed by atoms with E-state index in [0.717, 1.165) is 32.8 Å². The second-order valence-corrected chi connectivity index (χ2v) is 7.39. The van der Waals surface area contributed by atoms with Gasteiger partial charge in [-0.25, -0.2) is 0 Å². The molecule has 0 fully saturated rings. The topological polar surface area (TPSA) is 24.5 Å². The molecule has 0 spiro atoms. The van der Waals surface area contributed by atoms with Gasteiger partial charge in [0.15, 0.2) is 0 Å². The number of hydrogen-bond donors (Lipinski definition) is 1. The molecule has 3 nitrogen and oxygen atoms in total. The van der Waals surface area contributed by atoms with Gasteiger partial charge in [-0.05, 0) is 24.3 Å². The first-order valence-electron chi connectivity index (χ1n) is 7.97. The Balaban J connectivity index is 2.51. The van der Waals surface area contributed by atoms with Gasteiger partial charge in [-0.1, -0.05) is 46.3 Å². The normalized spacial score (nSPS) is 19.2. The van der Waals surface area contributed by atoms with E-state index in [4.69, 9.17) is 4.74 Å². The molecule has 0 amide bonds. The SMILES string of the molecule is COCC(CNCC(C)C)N1CC=C(C(C)(C)C)CC1. The van der Waals surface area contributed by atoms with Gasteiger partial charge in [0.2, 0.25) is 0 Å². The van der Waals surface area contributed by atoms with Gasteiger partial charge in [-0.2, -0.15) is 0 Å². The summed E-state index contributed by atoms with van der Waals surface area (Å²) in [5, 5.41) is 3.57. The first-order valence-corrected chi connectivity index (χ1v) is 7.97. The third-order valence-electron chi connectivity index (χ3n) is 4.01. The van der Waals surface area contributed by atoms with E-state index in [1.54, 1.807) is 12.7 Å². The zero-order chi connectivity index (χ0) is 15.2. The molecule has 0 saturated heterocycles. The van der Waals surface area contributed by atoms with Crippen LogP contribution in [0.15, 0.2) is 11.6 Å². The summed E-state index contributed by atoms with van der Waals surface area (Å²) in [4.78, 5) is 2.55. The van der Waals surface area contributed by atoms with E-state index in [0.29, 0.717) is 17.4 Å². The van der Waals surface area contributed by atoms with Gasteiger partial charge in [-0.3, -0.25) is 4.90 Å². The van der Waals surface area contributed by atoms with Crippen LogP contribution in [0.5, 0.6) is 0 Å². The Kier molecular flexibility index (Phi) is 7.21. The molecule has 1 atom stereocenters. The van der Waals surface area contributed by atoms with Crippen molar-refractivity contribution in [1.82, 2.24) is 10.2 Å². The zero-order valence-corrected chi connectivity index (χ0v) is 14.3. The summed E-state index contributed by atoms with van der Waals surface area (Å²) in [5.41, 5.74) is 1.92. The number of nitrogens with zero attached hydrogens (tertiary/aromatic N) is 1. The highest BCUT2D eigenvalue weighted by atomic mass is 16.5. The fourth-order valence-electron chi connectivity index (χ4n) is 2.72. The minimum Gasteiger partial charge on any atom is -0.383 e. The molecule has 0 bridgehead atoms. The molecule has 1 heterocycles.